The van der Waals surface area contributed by atoms with E-state index < -0.39 is 0 Å². The van der Waals surface area contributed by atoms with Crippen LogP contribution in [-0.4, -0.2) is 61.5 Å². The first-order valence-electron chi connectivity index (χ1n) is 9.12. The number of nitrogens with zero attached hydrogens (tertiary/aromatic N) is 2. The van der Waals surface area contributed by atoms with Crippen molar-refractivity contribution in [3.63, 3.8) is 0 Å². The number of hydrogen-bond acceptors (Lipinski definition) is 5. The molecule has 0 radical (unpaired) electrons. The van der Waals surface area contributed by atoms with Crippen molar-refractivity contribution in [2.45, 2.75) is 6.42 Å². The molecule has 1 aromatic carbocycles. The fourth-order valence-corrected chi connectivity index (χ4v) is 3.08. The second-order valence-corrected chi connectivity index (χ2v) is 6.45. The number of ether oxygens (including phenoxy) is 2. The fourth-order valence-electron chi connectivity index (χ4n) is 3.08. The minimum atomic E-state index is -0.118. The quantitative estimate of drug-likeness (QED) is 0.686. The van der Waals surface area contributed by atoms with E-state index in [2.05, 4.69) is 6.58 Å². The molecule has 0 atom stereocenters. The summed E-state index contributed by atoms with van der Waals surface area (Å²) in [6, 6.07) is 7.24. The van der Waals surface area contributed by atoms with Gasteiger partial charge in [-0.05, 0) is 30.2 Å². The van der Waals surface area contributed by atoms with E-state index in [1.807, 2.05) is 18.2 Å². The summed E-state index contributed by atoms with van der Waals surface area (Å²) in [6.45, 7) is 5.56. The lowest BCUT2D eigenvalue weighted by Gasteiger charge is -2.34. The van der Waals surface area contributed by atoms with Crippen molar-refractivity contribution in [3.05, 3.63) is 60.6 Å². The molecule has 0 saturated carbocycles. The molecule has 2 heterocycles. The summed E-state index contributed by atoms with van der Waals surface area (Å²) in [4.78, 5) is 28.2. The van der Waals surface area contributed by atoms with E-state index in [9.17, 15) is 9.59 Å². The molecule has 1 aliphatic heterocycles. The van der Waals surface area contributed by atoms with Crippen molar-refractivity contribution >= 4 is 11.8 Å². The van der Waals surface area contributed by atoms with Crippen LogP contribution in [0.5, 0.6) is 11.5 Å². The van der Waals surface area contributed by atoms with E-state index in [1.54, 1.807) is 29.0 Å². The van der Waals surface area contributed by atoms with Crippen LogP contribution in [0.2, 0.25) is 0 Å². The number of amides is 2. The molecule has 0 spiro atoms. The maximum Gasteiger partial charge on any atom is 0.260 e. The Morgan fingerprint density at radius 2 is 1.89 bits per heavy atom. The van der Waals surface area contributed by atoms with E-state index in [0.29, 0.717) is 43.2 Å². The third kappa shape index (κ3) is 4.54. The smallest absolute Gasteiger partial charge is 0.260 e. The molecule has 7 nitrogen and oxygen atoms in total. The SMILES string of the molecule is C=CCc1ccc(OCC(=O)N2CCN(C(=O)c3ccoc3)CC2)c(OC)c1. The summed E-state index contributed by atoms with van der Waals surface area (Å²) in [7, 11) is 1.57. The molecule has 0 bridgehead atoms. The molecule has 1 saturated heterocycles. The molecule has 2 amide bonds. The summed E-state index contributed by atoms with van der Waals surface area (Å²) in [6.07, 6.45) is 5.46. The minimum Gasteiger partial charge on any atom is -0.493 e. The number of carbonyl (C=O) groups excluding carboxylic acids is 2. The third-order valence-electron chi connectivity index (χ3n) is 4.65. The molecule has 1 fully saturated rings. The van der Waals surface area contributed by atoms with E-state index in [0.717, 1.165) is 12.0 Å². The van der Waals surface area contributed by atoms with Gasteiger partial charge in [0.25, 0.3) is 11.8 Å². The normalized spacial score (nSPS) is 13.9. The zero-order chi connectivity index (χ0) is 19.9. The van der Waals surface area contributed by atoms with Gasteiger partial charge in [-0.1, -0.05) is 12.1 Å². The lowest BCUT2D eigenvalue weighted by molar-refractivity contribution is -0.134. The number of allylic oxidation sites excluding steroid dienone is 1. The first-order chi connectivity index (χ1) is 13.6. The van der Waals surface area contributed by atoms with Gasteiger partial charge in [-0.3, -0.25) is 9.59 Å². The summed E-state index contributed by atoms with van der Waals surface area (Å²) in [5, 5.41) is 0. The predicted molar refractivity (Wildman–Crippen MR) is 104 cm³/mol. The highest BCUT2D eigenvalue weighted by molar-refractivity contribution is 5.94. The van der Waals surface area contributed by atoms with Crippen LogP contribution in [0.1, 0.15) is 15.9 Å². The first kappa shape index (κ1) is 19.5. The van der Waals surface area contributed by atoms with Crippen molar-refractivity contribution in [1.82, 2.24) is 9.80 Å². The zero-order valence-electron chi connectivity index (χ0n) is 15.9. The van der Waals surface area contributed by atoms with Crippen LogP contribution in [0.15, 0.2) is 53.9 Å². The van der Waals surface area contributed by atoms with Crippen LogP contribution in [-0.2, 0) is 11.2 Å². The first-order valence-corrected chi connectivity index (χ1v) is 9.12. The Labute approximate surface area is 164 Å². The van der Waals surface area contributed by atoms with Gasteiger partial charge in [-0.25, -0.2) is 0 Å². The fraction of sp³-hybridized carbons (Fsp3) is 0.333. The summed E-state index contributed by atoms with van der Waals surface area (Å²) in [5.41, 5.74) is 1.58. The molecular formula is C21H24N2O5. The number of hydrogen-bond donors (Lipinski definition) is 0. The highest BCUT2D eigenvalue weighted by Gasteiger charge is 2.25. The molecule has 28 heavy (non-hydrogen) atoms. The highest BCUT2D eigenvalue weighted by Crippen LogP contribution is 2.28. The predicted octanol–water partition coefficient (Wildman–Crippen LogP) is 2.38. The average molecular weight is 384 g/mol. The monoisotopic (exact) mass is 384 g/mol. The van der Waals surface area contributed by atoms with Crippen LogP contribution in [0.25, 0.3) is 0 Å². The van der Waals surface area contributed by atoms with Crippen molar-refractivity contribution in [2.24, 2.45) is 0 Å². The maximum atomic E-state index is 12.5. The molecular weight excluding hydrogens is 360 g/mol. The van der Waals surface area contributed by atoms with Crippen molar-refractivity contribution in [3.8, 4) is 11.5 Å². The topological polar surface area (TPSA) is 72.2 Å². The van der Waals surface area contributed by atoms with Gasteiger partial charge >= 0.3 is 0 Å². The number of methoxy groups -OCH3 is 1. The van der Waals surface area contributed by atoms with Crippen LogP contribution >= 0.6 is 0 Å². The summed E-state index contributed by atoms with van der Waals surface area (Å²) < 4.78 is 16.0. The second-order valence-electron chi connectivity index (χ2n) is 6.45. The zero-order valence-corrected chi connectivity index (χ0v) is 15.9. The Kier molecular flexibility index (Phi) is 6.37. The van der Waals surface area contributed by atoms with E-state index >= 15 is 0 Å². The molecule has 7 heteroatoms. The van der Waals surface area contributed by atoms with E-state index in [-0.39, 0.29) is 18.4 Å². The van der Waals surface area contributed by atoms with Crippen LogP contribution in [0, 0.1) is 0 Å². The number of benzene rings is 1. The molecule has 1 aromatic heterocycles. The Hall–Kier alpha value is -3.22. The molecule has 1 aliphatic rings. The Morgan fingerprint density at radius 3 is 2.54 bits per heavy atom. The molecule has 0 N–H and O–H groups in total. The standard InChI is InChI=1S/C21H24N2O5/c1-3-4-16-5-6-18(19(13-16)26-2)28-15-20(24)22-8-10-23(11-9-22)21(25)17-7-12-27-14-17/h3,5-7,12-14H,1,4,8-11,15H2,2H3. The number of rotatable bonds is 7. The van der Waals surface area contributed by atoms with E-state index in [1.165, 1.54) is 12.5 Å². The van der Waals surface area contributed by atoms with Gasteiger partial charge in [0.15, 0.2) is 18.1 Å². The highest BCUT2D eigenvalue weighted by atomic mass is 16.5. The maximum absolute atomic E-state index is 12.5. The molecule has 0 unspecified atom stereocenters. The van der Waals surface area contributed by atoms with Crippen LogP contribution in [0.3, 0.4) is 0 Å². The summed E-state index contributed by atoms with van der Waals surface area (Å²) >= 11 is 0. The largest absolute Gasteiger partial charge is 0.493 e. The lowest BCUT2D eigenvalue weighted by Crippen LogP contribution is -2.51. The number of piperazine rings is 1. The second kappa shape index (κ2) is 9.12. The third-order valence-corrected chi connectivity index (χ3v) is 4.65. The van der Waals surface area contributed by atoms with Gasteiger partial charge < -0.3 is 23.7 Å². The number of furan rings is 1. The van der Waals surface area contributed by atoms with Crippen LogP contribution < -0.4 is 9.47 Å². The number of carbonyl (C=O) groups is 2. The Morgan fingerprint density at radius 1 is 1.14 bits per heavy atom. The van der Waals surface area contributed by atoms with E-state index in [4.69, 9.17) is 13.9 Å². The van der Waals surface area contributed by atoms with Crippen molar-refractivity contribution in [1.29, 1.82) is 0 Å². The molecule has 0 aliphatic carbocycles. The molecule has 3 rings (SSSR count). The minimum absolute atomic E-state index is 0.0765. The van der Waals surface area contributed by atoms with Gasteiger partial charge in [-0.2, -0.15) is 0 Å². The molecule has 2 aromatic rings. The van der Waals surface area contributed by atoms with Crippen LogP contribution in [0.4, 0.5) is 0 Å². The Balaban J connectivity index is 1.51. The van der Waals surface area contributed by atoms with Crippen molar-refractivity contribution in [2.75, 3.05) is 39.9 Å². The van der Waals surface area contributed by atoms with Gasteiger partial charge in [0.2, 0.25) is 0 Å². The average Bonchev–Trinajstić information content (AvgIpc) is 3.27. The van der Waals surface area contributed by atoms with Gasteiger partial charge in [0, 0.05) is 26.2 Å². The van der Waals surface area contributed by atoms with Gasteiger partial charge in [0.05, 0.1) is 18.9 Å². The summed E-state index contributed by atoms with van der Waals surface area (Å²) in [5.74, 6) is 0.911. The lowest BCUT2D eigenvalue weighted by atomic mass is 10.1. The Bertz CT molecular complexity index is 823. The van der Waals surface area contributed by atoms with Crippen molar-refractivity contribution < 1.29 is 23.5 Å². The van der Waals surface area contributed by atoms with Gasteiger partial charge in [-0.15, -0.1) is 6.58 Å². The molecule has 148 valence electrons. The van der Waals surface area contributed by atoms with Gasteiger partial charge in [0.1, 0.15) is 6.26 Å².